The summed E-state index contributed by atoms with van der Waals surface area (Å²) in [6.45, 7) is 2.34. The largest absolute Gasteiger partial charge is 0.457 e. The molecule has 0 unspecified atom stereocenters. The van der Waals surface area contributed by atoms with Gasteiger partial charge in [0, 0.05) is 17.8 Å². The molecule has 0 saturated carbocycles. The van der Waals surface area contributed by atoms with Crippen LogP contribution in [0.3, 0.4) is 0 Å². The lowest BCUT2D eigenvalue weighted by molar-refractivity contribution is 0.102. The number of nitrogens with zero attached hydrogens (tertiary/aromatic N) is 1. The molecule has 0 fully saturated rings. The smallest absolute Gasteiger partial charge is 0.262 e. The number of hydrogen-bond acceptors (Lipinski definition) is 4. The molecule has 0 bridgehead atoms. The highest BCUT2D eigenvalue weighted by Crippen LogP contribution is 2.23. The number of ether oxygens (including phenoxy) is 1. The number of aromatic nitrogens is 2. The van der Waals surface area contributed by atoms with Crippen molar-refractivity contribution in [3.8, 4) is 11.5 Å². The minimum Gasteiger partial charge on any atom is -0.457 e. The number of H-pyrrole nitrogens is 1. The Balaban J connectivity index is 1.53. The van der Waals surface area contributed by atoms with Gasteiger partial charge in [-0.25, -0.2) is 0 Å². The Kier molecular flexibility index (Phi) is 5.45. The normalized spacial score (nSPS) is 10.7. The van der Waals surface area contributed by atoms with E-state index in [4.69, 9.17) is 17.0 Å². The summed E-state index contributed by atoms with van der Waals surface area (Å²) < 4.78 is 7.57. The van der Waals surface area contributed by atoms with Gasteiger partial charge in [-0.1, -0.05) is 18.2 Å². The highest BCUT2D eigenvalue weighted by Gasteiger charge is 2.10. The van der Waals surface area contributed by atoms with Gasteiger partial charge in [0.05, 0.1) is 10.9 Å². The molecule has 0 aliphatic carbocycles. The molecule has 0 radical (unpaired) electrons. The zero-order chi connectivity index (χ0) is 21.1. The van der Waals surface area contributed by atoms with Crippen molar-refractivity contribution in [1.82, 2.24) is 9.55 Å². The van der Waals surface area contributed by atoms with Crippen LogP contribution in [-0.2, 0) is 6.54 Å². The van der Waals surface area contributed by atoms with E-state index in [0.29, 0.717) is 39.2 Å². The zero-order valence-electron chi connectivity index (χ0n) is 16.2. The van der Waals surface area contributed by atoms with Gasteiger partial charge in [0.2, 0.25) is 0 Å². The molecule has 0 atom stereocenters. The molecule has 4 aromatic rings. The quantitative estimate of drug-likeness (QED) is 0.442. The molecule has 0 saturated heterocycles. The average molecular weight is 417 g/mol. The molecule has 4 rings (SSSR count). The Hall–Kier alpha value is -3.71. The fourth-order valence-electron chi connectivity index (χ4n) is 3.12. The van der Waals surface area contributed by atoms with Crippen LogP contribution < -0.4 is 15.6 Å². The van der Waals surface area contributed by atoms with E-state index in [2.05, 4.69) is 10.3 Å². The van der Waals surface area contributed by atoms with Crippen LogP contribution in [0.2, 0.25) is 0 Å². The Morgan fingerprint density at radius 2 is 1.73 bits per heavy atom. The predicted octanol–water partition coefficient (Wildman–Crippen LogP) is 5.12. The van der Waals surface area contributed by atoms with Gasteiger partial charge in [0.25, 0.3) is 11.5 Å². The summed E-state index contributed by atoms with van der Waals surface area (Å²) >= 11 is 5.23. The summed E-state index contributed by atoms with van der Waals surface area (Å²) in [7, 11) is 0. The molecule has 3 aromatic carbocycles. The molecular formula is C23H19N3O3S. The molecule has 7 heteroatoms. The summed E-state index contributed by atoms with van der Waals surface area (Å²) in [6, 6.07) is 21.5. The van der Waals surface area contributed by atoms with Crippen LogP contribution >= 0.6 is 12.2 Å². The number of amides is 1. The number of anilines is 1. The van der Waals surface area contributed by atoms with Crippen molar-refractivity contribution in [1.29, 1.82) is 0 Å². The number of nitrogens with one attached hydrogen (secondary N) is 2. The number of carbonyl (C=O) groups excluding carboxylic acids is 1. The number of rotatable bonds is 5. The van der Waals surface area contributed by atoms with Gasteiger partial charge in [-0.05, 0) is 73.7 Å². The average Bonchev–Trinajstić information content (AvgIpc) is 2.76. The van der Waals surface area contributed by atoms with Gasteiger partial charge in [-0.3, -0.25) is 14.2 Å². The van der Waals surface area contributed by atoms with E-state index in [0.717, 1.165) is 5.75 Å². The lowest BCUT2D eigenvalue weighted by Gasteiger charge is -2.09. The van der Waals surface area contributed by atoms with Gasteiger partial charge >= 0.3 is 0 Å². The molecule has 6 nitrogen and oxygen atoms in total. The lowest BCUT2D eigenvalue weighted by atomic mass is 10.1. The number of fused-ring (bicyclic) bond motifs is 1. The first-order valence-electron chi connectivity index (χ1n) is 9.46. The van der Waals surface area contributed by atoms with Gasteiger partial charge in [-0.2, -0.15) is 0 Å². The first kappa shape index (κ1) is 19.6. The second kappa shape index (κ2) is 8.34. The molecule has 2 N–H and O–H groups in total. The highest BCUT2D eigenvalue weighted by molar-refractivity contribution is 7.71. The fraction of sp³-hybridized carbons (Fsp3) is 0.0870. The van der Waals surface area contributed by atoms with Gasteiger partial charge < -0.3 is 15.0 Å². The van der Waals surface area contributed by atoms with Gasteiger partial charge in [0.1, 0.15) is 11.5 Å². The van der Waals surface area contributed by atoms with Crippen molar-refractivity contribution in [2.45, 2.75) is 13.5 Å². The monoisotopic (exact) mass is 417 g/mol. The molecule has 0 aliphatic rings. The Bertz CT molecular complexity index is 1330. The van der Waals surface area contributed by atoms with Crippen LogP contribution in [0.25, 0.3) is 10.9 Å². The summed E-state index contributed by atoms with van der Waals surface area (Å²) in [5, 5.41) is 3.34. The SMILES string of the molecule is CCn1c(=S)[nH]c2cc(C(=O)Nc3ccc(Oc4ccccc4)cc3)ccc2c1=O. The van der Waals surface area contributed by atoms with Crippen molar-refractivity contribution in [3.05, 3.63) is 93.5 Å². The van der Waals surface area contributed by atoms with E-state index < -0.39 is 0 Å². The summed E-state index contributed by atoms with van der Waals surface area (Å²) in [6.07, 6.45) is 0. The zero-order valence-corrected chi connectivity index (χ0v) is 17.0. The van der Waals surface area contributed by atoms with Gasteiger partial charge in [0.15, 0.2) is 4.77 Å². The van der Waals surface area contributed by atoms with Crippen molar-refractivity contribution in [2.24, 2.45) is 0 Å². The maximum absolute atomic E-state index is 12.7. The first-order valence-corrected chi connectivity index (χ1v) is 9.87. The first-order chi connectivity index (χ1) is 14.5. The third kappa shape index (κ3) is 4.01. The fourth-order valence-corrected chi connectivity index (χ4v) is 3.44. The van der Waals surface area contributed by atoms with Crippen molar-refractivity contribution in [2.75, 3.05) is 5.32 Å². The van der Waals surface area contributed by atoms with E-state index in [9.17, 15) is 9.59 Å². The summed E-state index contributed by atoms with van der Waals surface area (Å²) in [5.41, 5.74) is 1.42. The molecule has 30 heavy (non-hydrogen) atoms. The second-order valence-corrected chi connectivity index (χ2v) is 7.02. The predicted molar refractivity (Wildman–Crippen MR) is 120 cm³/mol. The number of aromatic amines is 1. The third-order valence-electron chi connectivity index (χ3n) is 4.65. The van der Waals surface area contributed by atoms with Crippen LogP contribution in [0.5, 0.6) is 11.5 Å². The van der Waals surface area contributed by atoms with E-state index in [1.54, 1.807) is 42.5 Å². The molecule has 1 heterocycles. The molecule has 1 amide bonds. The standard InChI is InChI=1S/C23H19N3O3S/c1-2-26-22(28)19-13-8-15(14-20(19)25-23(26)30)21(27)24-16-9-11-18(12-10-16)29-17-6-4-3-5-7-17/h3-14H,2H2,1H3,(H,24,27)(H,25,30). The summed E-state index contributed by atoms with van der Waals surface area (Å²) in [4.78, 5) is 28.2. The van der Waals surface area contributed by atoms with Crippen LogP contribution in [0, 0.1) is 4.77 Å². The number of hydrogen-bond donors (Lipinski definition) is 2. The molecule has 0 aliphatic heterocycles. The van der Waals surface area contributed by atoms with Crippen LogP contribution in [-0.4, -0.2) is 15.5 Å². The lowest BCUT2D eigenvalue weighted by Crippen LogP contribution is -2.21. The highest BCUT2D eigenvalue weighted by atomic mass is 32.1. The third-order valence-corrected chi connectivity index (χ3v) is 4.97. The minimum atomic E-state index is -0.285. The van der Waals surface area contributed by atoms with E-state index >= 15 is 0 Å². The van der Waals surface area contributed by atoms with Gasteiger partial charge in [-0.15, -0.1) is 0 Å². The Morgan fingerprint density at radius 3 is 2.43 bits per heavy atom. The molecular weight excluding hydrogens is 398 g/mol. The van der Waals surface area contributed by atoms with Crippen molar-refractivity contribution in [3.63, 3.8) is 0 Å². The van der Waals surface area contributed by atoms with Crippen LogP contribution in [0.15, 0.2) is 77.6 Å². The maximum atomic E-state index is 12.7. The Morgan fingerprint density at radius 1 is 1.03 bits per heavy atom. The molecule has 0 spiro atoms. The topological polar surface area (TPSA) is 76.1 Å². The van der Waals surface area contributed by atoms with Crippen molar-refractivity contribution < 1.29 is 9.53 Å². The van der Waals surface area contributed by atoms with E-state index in [-0.39, 0.29) is 11.5 Å². The number of carbonyl (C=O) groups is 1. The van der Waals surface area contributed by atoms with E-state index in [1.165, 1.54) is 4.57 Å². The molecule has 150 valence electrons. The number of para-hydroxylation sites is 1. The van der Waals surface area contributed by atoms with E-state index in [1.807, 2.05) is 37.3 Å². The van der Waals surface area contributed by atoms with Crippen LogP contribution in [0.4, 0.5) is 5.69 Å². The second-order valence-electron chi connectivity index (χ2n) is 6.63. The Labute approximate surface area is 177 Å². The summed E-state index contributed by atoms with van der Waals surface area (Å²) in [5.74, 6) is 1.13. The number of benzene rings is 3. The minimum absolute atomic E-state index is 0.169. The molecule has 1 aromatic heterocycles. The maximum Gasteiger partial charge on any atom is 0.262 e. The van der Waals surface area contributed by atoms with Crippen LogP contribution in [0.1, 0.15) is 17.3 Å². The van der Waals surface area contributed by atoms with Crippen molar-refractivity contribution >= 4 is 34.7 Å².